The quantitative estimate of drug-likeness (QED) is 0.818. The van der Waals surface area contributed by atoms with Crippen LogP contribution in [0.4, 0.5) is 4.79 Å². The summed E-state index contributed by atoms with van der Waals surface area (Å²) >= 11 is 0. The van der Waals surface area contributed by atoms with E-state index in [1.807, 2.05) is 0 Å². The number of nitrogens with one attached hydrogen (secondary N) is 1. The number of aliphatic carboxylic acids is 1. The van der Waals surface area contributed by atoms with Crippen molar-refractivity contribution >= 4 is 12.0 Å². The number of carboxylic acid groups (broad SMARTS) is 1. The molecule has 1 unspecified atom stereocenters. The van der Waals surface area contributed by atoms with Crippen LogP contribution in [0.1, 0.15) is 12.0 Å². The molecule has 0 saturated carbocycles. The second-order valence-corrected chi connectivity index (χ2v) is 4.77. The number of hydrogen-bond donors (Lipinski definition) is 2. The van der Waals surface area contributed by atoms with Crippen molar-refractivity contribution < 1.29 is 19.4 Å². The third-order valence-corrected chi connectivity index (χ3v) is 3.18. The maximum Gasteiger partial charge on any atom is 0.320 e. The maximum absolute atomic E-state index is 12.4. The van der Waals surface area contributed by atoms with Gasteiger partial charge in [-0.2, -0.15) is 5.10 Å². The number of ether oxygens (including phenoxy) is 1. The number of nitrogens with zero attached hydrogens (tertiary/aromatic N) is 3. The number of carbonyl (C=O) groups excluding carboxylic acids is 1. The van der Waals surface area contributed by atoms with Crippen molar-refractivity contribution in [1.82, 2.24) is 20.0 Å². The number of carbonyl (C=O) groups is 2. The normalized spacial score (nSPS) is 18.9. The molecule has 1 atom stereocenters. The van der Waals surface area contributed by atoms with Crippen molar-refractivity contribution in [3.05, 3.63) is 18.0 Å². The van der Waals surface area contributed by atoms with Crippen molar-refractivity contribution in [3.63, 3.8) is 0 Å². The molecule has 1 aliphatic rings. The summed E-state index contributed by atoms with van der Waals surface area (Å²) in [5, 5.41) is 15.4. The van der Waals surface area contributed by atoms with Gasteiger partial charge in [-0.25, -0.2) is 4.79 Å². The van der Waals surface area contributed by atoms with Crippen LogP contribution in [0, 0.1) is 0 Å². The fraction of sp³-hybridized carbons (Fsp3) is 0.583. The molecule has 2 amide bonds. The lowest BCUT2D eigenvalue weighted by molar-refractivity contribution is -0.139. The molecule has 0 bridgehead atoms. The zero-order valence-corrected chi connectivity index (χ0v) is 11.3. The summed E-state index contributed by atoms with van der Waals surface area (Å²) in [4.78, 5) is 26.3. The Bertz CT molecular complexity index is 462. The average Bonchev–Trinajstić information content (AvgIpc) is 2.90. The molecule has 110 valence electrons. The van der Waals surface area contributed by atoms with E-state index >= 15 is 0 Å². The van der Waals surface area contributed by atoms with Crippen LogP contribution in [0.25, 0.3) is 0 Å². The number of rotatable bonds is 4. The van der Waals surface area contributed by atoms with Gasteiger partial charge in [-0.1, -0.05) is 0 Å². The molecular weight excluding hydrogens is 264 g/mol. The molecule has 2 heterocycles. The topological polar surface area (TPSA) is 98.8 Å². The molecule has 0 aromatic carbocycles. The molecule has 1 fully saturated rings. The summed E-state index contributed by atoms with van der Waals surface area (Å²) in [6.07, 6.45) is 3.26. The van der Waals surface area contributed by atoms with Gasteiger partial charge in [-0.15, -0.1) is 0 Å². The SMILES string of the molecule is CN(Cc1cn[nH]c1)C(=O)N1CCOCC1CC(=O)O. The van der Waals surface area contributed by atoms with Crippen LogP contribution in [0.2, 0.25) is 0 Å². The Morgan fingerprint density at radius 1 is 1.65 bits per heavy atom. The van der Waals surface area contributed by atoms with Crippen LogP contribution in [-0.2, 0) is 16.1 Å². The summed E-state index contributed by atoms with van der Waals surface area (Å²) in [7, 11) is 1.68. The van der Waals surface area contributed by atoms with Gasteiger partial charge >= 0.3 is 12.0 Å². The fourth-order valence-electron chi connectivity index (χ4n) is 2.20. The Morgan fingerprint density at radius 2 is 2.45 bits per heavy atom. The van der Waals surface area contributed by atoms with Gasteiger partial charge in [0.1, 0.15) is 0 Å². The summed E-state index contributed by atoms with van der Waals surface area (Å²) in [6.45, 7) is 1.53. The lowest BCUT2D eigenvalue weighted by atomic mass is 10.1. The van der Waals surface area contributed by atoms with E-state index in [0.29, 0.717) is 19.7 Å². The fourth-order valence-corrected chi connectivity index (χ4v) is 2.20. The molecule has 8 heteroatoms. The maximum atomic E-state index is 12.4. The molecule has 1 aliphatic heterocycles. The van der Waals surface area contributed by atoms with Crippen LogP contribution in [-0.4, -0.2) is 70.0 Å². The number of carboxylic acids is 1. The highest BCUT2D eigenvalue weighted by atomic mass is 16.5. The molecule has 0 spiro atoms. The first kappa shape index (κ1) is 14.3. The molecule has 20 heavy (non-hydrogen) atoms. The molecule has 2 rings (SSSR count). The Kier molecular flexibility index (Phi) is 4.57. The minimum atomic E-state index is -0.934. The van der Waals surface area contributed by atoms with Gasteiger partial charge in [0.2, 0.25) is 0 Å². The summed E-state index contributed by atoms with van der Waals surface area (Å²) in [5.74, 6) is -0.934. The number of H-pyrrole nitrogens is 1. The molecule has 1 aromatic rings. The highest BCUT2D eigenvalue weighted by Crippen LogP contribution is 2.14. The Morgan fingerprint density at radius 3 is 3.10 bits per heavy atom. The van der Waals surface area contributed by atoms with E-state index in [9.17, 15) is 9.59 Å². The van der Waals surface area contributed by atoms with E-state index in [1.54, 1.807) is 29.2 Å². The highest BCUT2D eigenvalue weighted by Gasteiger charge is 2.30. The monoisotopic (exact) mass is 282 g/mol. The summed E-state index contributed by atoms with van der Waals surface area (Å²) in [5.41, 5.74) is 0.892. The largest absolute Gasteiger partial charge is 0.481 e. The second-order valence-electron chi connectivity index (χ2n) is 4.77. The Labute approximate surface area is 116 Å². The van der Waals surface area contributed by atoms with Gasteiger partial charge in [-0.05, 0) is 0 Å². The third-order valence-electron chi connectivity index (χ3n) is 3.18. The van der Waals surface area contributed by atoms with E-state index in [0.717, 1.165) is 5.56 Å². The minimum Gasteiger partial charge on any atom is -0.481 e. The molecule has 1 aromatic heterocycles. The first-order chi connectivity index (χ1) is 9.58. The molecular formula is C12H18N4O4. The lowest BCUT2D eigenvalue weighted by Crippen LogP contribution is -2.53. The lowest BCUT2D eigenvalue weighted by Gasteiger charge is -2.37. The smallest absolute Gasteiger partial charge is 0.320 e. The van der Waals surface area contributed by atoms with Gasteiger partial charge in [0.15, 0.2) is 0 Å². The second kappa shape index (κ2) is 6.38. The van der Waals surface area contributed by atoms with Crippen LogP contribution in [0.5, 0.6) is 0 Å². The van der Waals surface area contributed by atoms with Crippen molar-refractivity contribution in [2.45, 2.75) is 19.0 Å². The standard InChI is InChI=1S/C12H18N4O4/c1-15(7-9-5-13-14-6-9)12(19)16-2-3-20-8-10(16)4-11(17)18/h5-6,10H,2-4,7-8H2,1H3,(H,13,14)(H,17,18). The van der Waals surface area contributed by atoms with E-state index in [2.05, 4.69) is 10.2 Å². The van der Waals surface area contributed by atoms with Crippen molar-refractivity contribution in [2.24, 2.45) is 0 Å². The number of urea groups is 1. The first-order valence-electron chi connectivity index (χ1n) is 6.37. The van der Waals surface area contributed by atoms with Crippen LogP contribution in [0.15, 0.2) is 12.4 Å². The molecule has 2 N–H and O–H groups in total. The number of aromatic nitrogens is 2. The van der Waals surface area contributed by atoms with Gasteiger partial charge < -0.3 is 19.6 Å². The number of morpholine rings is 1. The van der Waals surface area contributed by atoms with E-state index < -0.39 is 12.0 Å². The number of amides is 2. The molecule has 0 aliphatic carbocycles. The predicted octanol–water partition coefficient (Wildman–Crippen LogP) is 0.137. The average molecular weight is 282 g/mol. The van der Waals surface area contributed by atoms with E-state index in [4.69, 9.17) is 9.84 Å². The van der Waals surface area contributed by atoms with Crippen LogP contribution in [0.3, 0.4) is 0 Å². The Balaban J connectivity index is 1.99. The zero-order chi connectivity index (χ0) is 14.5. The molecule has 1 saturated heterocycles. The van der Waals surface area contributed by atoms with Gasteiger partial charge in [-0.3, -0.25) is 9.89 Å². The predicted molar refractivity (Wildman–Crippen MR) is 69.0 cm³/mol. The minimum absolute atomic E-state index is 0.106. The number of aromatic amines is 1. The first-order valence-corrected chi connectivity index (χ1v) is 6.37. The molecule has 0 radical (unpaired) electrons. The van der Waals surface area contributed by atoms with Crippen molar-refractivity contribution in [3.8, 4) is 0 Å². The van der Waals surface area contributed by atoms with E-state index in [-0.39, 0.29) is 19.1 Å². The van der Waals surface area contributed by atoms with Crippen molar-refractivity contribution in [2.75, 3.05) is 26.8 Å². The molecule has 8 nitrogen and oxygen atoms in total. The summed E-state index contributed by atoms with van der Waals surface area (Å²) in [6, 6.07) is -0.610. The van der Waals surface area contributed by atoms with Crippen molar-refractivity contribution in [1.29, 1.82) is 0 Å². The highest BCUT2D eigenvalue weighted by molar-refractivity contribution is 5.76. The number of hydrogen-bond acceptors (Lipinski definition) is 4. The van der Waals surface area contributed by atoms with Gasteiger partial charge in [0.25, 0.3) is 0 Å². The van der Waals surface area contributed by atoms with Crippen LogP contribution < -0.4 is 0 Å². The van der Waals surface area contributed by atoms with Gasteiger partial charge in [0, 0.05) is 25.4 Å². The third kappa shape index (κ3) is 3.47. The summed E-state index contributed by atoms with van der Waals surface area (Å²) < 4.78 is 5.26. The zero-order valence-electron chi connectivity index (χ0n) is 11.3. The van der Waals surface area contributed by atoms with Crippen LogP contribution >= 0.6 is 0 Å². The Hall–Kier alpha value is -2.09. The van der Waals surface area contributed by atoms with Gasteiger partial charge in [0.05, 0.1) is 38.4 Å². The van der Waals surface area contributed by atoms with E-state index in [1.165, 1.54) is 0 Å².